The molecule has 1 nitrogen and oxygen atoms in total. The van der Waals surface area contributed by atoms with Crippen LogP contribution in [0.4, 0.5) is 0 Å². The van der Waals surface area contributed by atoms with E-state index < -0.39 is 0 Å². The molecule has 0 aliphatic carbocycles. The molecule has 0 unspecified atom stereocenters. The van der Waals surface area contributed by atoms with Gasteiger partial charge in [-0.1, -0.05) is 0 Å². The van der Waals surface area contributed by atoms with E-state index in [0.717, 1.165) is 12.4 Å². The van der Waals surface area contributed by atoms with E-state index >= 15 is 0 Å². The first kappa shape index (κ1) is 7.43. The number of hydrogen-bond acceptors (Lipinski definition) is 1. The first-order valence-corrected chi connectivity index (χ1v) is 6.09. The van der Waals surface area contributed by atoms with E-state index in [0.29, 0.717) is 14.5 Å². The van der Waals surface area contributed by atoms with Crippen molar-refractivity contribution in [2.45, 2.75) is 0 Å². The topological polar surface area (TPSA) is 9.23 Å². The van der Waals surface area contributed by atoms with E-state index in [4.69, 9.17) is 4.74 Å². The molecule has 1 aliphatic heterocycles. The van der Waals surface area contributed by atoms with Gasteiger partial charge in [0, 0.05) is 0 Å². The summed E-state index contributed by atoms with van der Waals surface area (Å²) in [6, 6.07) is 6.51. The van der Waals surface area contributed by atoms with Crippen LogP contribution in [0.1, 0.15) is 5.56 Å². The van der Waals surface area contributed by atoms with Gasteiger partial charge in [0.05, 0.1) is 0 Å². The van der Waals surface area contributed by atoms with Crippen LogP contribution in [0.5, 0.6) is 5.75 Å². The Bertz CT molecular complexity index is 482. The van der Waals surface area contributed by atoms with E-state index in [1.165, 1.54) is 15.2 Å². The molecule has 1 aromatic carbocycles. The fourth-order valence-electron chi connectivity index (χ4n) is 1.61. The second-order valence-corrected chi connectivity index (χ2v) is 4.96. The van der Waals surface area contributed by atoms with Crippen molar-refractivity contribution in [1.29, 1.82) is 0 Å². The molecule has 0 fully saturated rings. The summed E-state index contributed by atoms with van der Waals surface area (Å²) in [6.07, 6.45) is 4.21. The minimum absolute atomic E-state index is 0.478. The third-order valence-electron chi connectivity index (χ3n) is 2.23. The van der Waals surface area contributed by atoms with E-state index in [9.17, 15) is 0 Å². The molecule has 0 saturated carbocycles. The maximum atomic E-state index is 5.66. The Hall–Kier alpha value is -0.981. The summed E-state index contributed by atoms with van der Waals surface area (Å²) in [6.45, 7) is 0.722. The van der Waals surface area contributed by atoms with Gasteiger partial charge in [0.15, 0.2) is 0 Å². The molecule has 1 aliphatic rings. The number of hydrogen-bond donors (Lipinski definition) is 0. The summed E-state index contributed by atoms with van der Waals surface area (Å²) in [5.41, 5.74) is 1.23. The fourth-order valence-corrected chi connectivity index (χ4v) is 3.51. The Kier molecular flexibility index (Phi) is 1.58. The minimum atomic E-state index is 0.478. The molecule has 1 aromatic heterocycles. The summed E-state index contributed by atoms with van der Waals surface area (Å²) < 4.78 is 7.07. The monoisotopic (exact) mass is 236 g/mol. The molecule has 0 N–H and O–H groups in total. The molecule has 0 bridgehead atoms. The van der Waals surface area contributed by atoms with Crippen LogP contribution in [0.3, 0.4) is 0 Å². The predicted molar refractivity (Wildman–Crippen MR) is 55.4 cm³/mol. The van der Waals surface area contributed by atoms with Gasteiger partial charge in [0.1, 0.15) is 0 Å². The molecule has 0 saturated heterocycles. The molecular formula is C11H8OSe. The summed E-state index contributed by atoms with van der Waals surface area (Å²) in [5, 5.41) is 1.34. The molecule has 0 amide bonds. The summed E-state index contributed by atoms with van der Waals surface area (Å²) in [7, 11) is 0. The van der Waals surface area contributed by atoms with Gasteiger partial charge in [-0.15, -0.1) is 0 Å². The van der Waals surface area contributed by atoms with Crippen LogP contribution < -0.4 is 4.74 Å². The Morgan fingerprint density at radius 2 is 2.23 bits per heavy atom. The zero-order valence-corrected chi connectivity index (χ0v) is 8.70. The Balaban J connectivity index is 2.42. The third-order valence-corrected chi connectivity index (χ3v) is 4.18. The van der Waals surface area contributed by atoms with E-state index in [1.807, 2.05) is 0 Å². The average molecular weight is 235 g/mol. The molecule has 64 valence electrons. The molecule has 2 heteroatoms. The molecule has 3 rings (SSSR count). The van der Waals surface area contributed by atoms with Crippen LogP contribution >= 0.6 is 0 Å². The van der Waals surface area contributed by atoms with Crippen molar-refractivity contribution in [3.8, 4) is 5.75 Å². The van der Waals surface area contributed by atoms with Crippen molar-refractivity contribution in [2.24, 2.45) is 0 Å². The van der Waals surface area contributed by atoms with Crippen LogP contribution in [-0.2, 0) is 0 Å². The predicted octanol–water partition coefficient (Wildman–Crippen LogP) is 2.30. The zero-order chi connectivity index (χ0) is 8.67. The van der Waals surface area contributed by atoms with Crippen LogP contribution in [-0.4, -0.2) is 21.1 Å². The van der Waals surface area contributed by atoms with Gasteiger partial charge < -0.3 is 0 Å². The van der Waals surface area contributed by atoms with Crippen LogP contribution in [0.15, 0.2) is 29.2 Å². The van der Waals surface area contributed by atoms with Crippen molar-refractivity contribution in [3.63, 3.8) is 0 Å². The molecule has 0 atom stereocenters. The molecule has 0 spiro atoms. The summed E-state index contributed by atoms with van der Waals surface area (Å²) in [5.74, 6) is 1.12. The summed E-state index contributed by atoms with van der Waals surface area (Å²) in [4.78, 5) is 2.25. The standard InChI is InChI=1S/C11H8OSe/c1-2-8-3-4-9-5-7-13-11(9)10(8)12-6-1/h1-5,7H,6H2. The van der Waals surface area contributed by atoms with E-state index in [1.54, 1.807) is 0 Å². The second kappa shape index (κ2) is 2.76. The normalized spacial score (nSPS) is 14.2. The molecular weight excluding hydrogens is 227 g/mol. The van der Waals surface area contributed by atoms with E-state index in [2.05, 4.69) is 35.3 Å². The van der Waals surface area contributed by atoms with E-state index in [-0.39, 0.29) is 0 Å². The summed E-state index contributed by atoms with van der Waals surface area (Å²) >= 11 is 0.478. The number of ether oxygens (including phenoxy) is 1. The van der Waals surface area contributed by atoms with Crippen molar-refractivity contribution in [1.82, 2.24) is 0 Å². The van der Waals surface area contributed by atoms with Gasteiger partial charge in [-0.3, -0.25) is 0 Å². The molecule has 2 heterocycles. The molecule has 13 heavy (non-hydrogen) atoms. The Morgan fingerprint density at radius 1 is 1.23 bits per heavy atom. The second-order valence-electron chi connectivity index (χ2n) is 3.04. The first-order valence-electron chi connectivity index (χ1n) is 4.25. The van der Waals surface area contributed by atoms with Crippen molar-refractivity contribution < 1.29 is 4.74 Å². The van der Waals surface area contributed by atoms with Crippen LogP contribution in [0, 0.1) is 0 Å². The fraction of sp³-hybridized carbons (Fsp3) is 0.0909. The Labute approximate surface area is 82.4 Å². The van der Waals surface area contributed by atoms with Gasteiger partial charge in [-0.2, -0.15) is 0 Å². The van der Waals surface area contributed by atoms with Gasteiger partial charge >= 0.3 is 82.1 Å². The number of benzene rings is 1. The first-order chi connectivity index (χ1) is 6.45. The van der Waals surface area contributed by atoms with Gasteiger partial charge in [-0.05, 0) is 0 Å². The molecule has 2 aromatic rings. The zero-order valence-electron chi connectivity index (χ0n) is 6.99. The maximum absolute atomic E-state index is 5.66. The van der Waals surface area contributed by atoms with Crippen molar-refractivity contribution in [2.75, 3.05) is 6.61 Å². The molecule has 0 radical (unpaired) electrons. The average Bonchev–Trinajstić information content (AvgIpc) is 2.65. The van der Waals surface area contributed by atoms with Gasteiger partial charge in [0.25, 0.3) is 0 Å². The quantitative estimate of drug-likeness (QED) is 0.636. The third kappa shape index (κ3) is 1.06. The van der Waals surface area contributed by atoms with Crippen molar-refractivity contribution in [3.05, 3.63) is 34.8 Å². The Morgan fingerprint density at radius 3 is 3.23 bits per heavy atom. The SMILES string of the molecule is C1=Cc2ccc3cc[se]c3c2OC1. The number of fused-ring (bicyclic) bond motifs is 3. The van der Waals surface area contributed by atoms with Gasteiger partial charge in [0.2, 0.25) is 0 Å². The van der Waals surface area contributed by atoms with Gasteiger partial charge in [-0.25, -0.2) is 0 Å². The van der Waals surface area contributed by atoms with Crippen molar-refractivity contribution >= 4 is 30.2 Å². The van der Waals surface area contributed by atoms with Crippen LogP contribution in [0.25, 0.3) is 15.7 Å². The van der Waals surface area contributed by atoms with Crippen LogP contribution in [0.2, 0.25) is 0 Å². The number of rotatable bonds is 0.